The van der Waals surface area contributed by atoms with Gasteiger partial charge in [-0.1, -0.05) is 12.1 Å². The van der Waals surface area contributed by atoms with Crippen molar-refractivity contribution in [1.82, 2.24) is 24.6 Å². The molecule has 0 amide bonds. The van der Waals surface area contributed by atoms with Crippen LogP contribution in [0.5, 0.6) is 11.8 Å². The molecule has 0 bridgehead atoms. The van der Waals surface area contributed by atoms with Gasteiger partial charge in [0.1, 0.15) is 5.82 Å². The van der Waals surface area contributed by atoms with Crippen molar-refractivity contribution in [3.8, 4) is 11.8 Å². The van der Waals surface area contributed by atoms with E-state index in [-0.39, 0.29) is 41.0 Å². The van der Waals surface area contributed by atoms with Crippen molar-refractivity contribution in [2.75, 3.05) is 12.8 Å². The number of sulfone groups is 1. The van der Waals surface area contributed by atoms with Gasteiger partial charge in [0, 0.05) is 29.6 Å². The van der Waals surface area contributed by atoms with Gasteiger partial charge in [-0.3, -0.25) is 4.98 Å². The summed E-state index contributed by atoms with van der Waals surface area (Å²) in [7, 11) is -3.75. The Labute approximate surface area is 175 Å². The third kappa shape index (κ3) is 4.38. The highest BCUT2D eigenvalue weighted by Gasteiger charge is 2.15. The van der Waals surface area contributed by atoms with Gasteiger partial charge in [0.05, 0.1) is 6.20 Å². The highest BCUT2D eigenvalue weighted by atomic mass is 32.2. The summed E-state index contributed by atoms with van der Waals surface area (Å²) >= 11 is 0. The molecule has 160 valence electrons. The molecule has 3 N–H and O–H groups in total. The monoisotopic (exact) mass is 444 g/mol. The Morgan fingerprint density at radius 3 is 2.74 bits per heavy atom. The normalized spacial score (nSPS) is 13.4. The van der Waals surface area contributed by atoms with Crippen LogP contribution in [0.25, 0.3) is 11.7 Å². The topological polar surface area (TPSA) is 146 Å². The summed E-state index contributed by atoms with van der Waals surface area (Å²) in [5.41, 5.74) is 1.16. The Bertz CT molecular complexity index is 1510. The van der Waals surface area contributed by atoms with E-state index >= 15 is 0 Å². The van der Waals surface area contributed by atoms with Gasteiger partial charge in [-0.05, 0) is 30.2 Å². The Kier molecular flexibility index (Phi) is 5.15. The summed E-state index contributed by atoms with van der Waals surface area (Å²) in [6.07, 6.45) is 4.27. The molecule has 3 aromatic heterocycles. The number of halogens is 1. The van der Waals surface area contributed by atoms with Gasteiger partial charge in [-0.2, -0.15) is 19.6 Å². The van der Waals surface area contributed by atoms with Gasteiger partial charge in [0.15, 0.2) is 17.4 Å². The molecule has 4 aromatic rings. The van der Waals surface area contributed by atoms with Crippen LogP contribution in [0, 0.1) is 5.82 Å². The van der Waals surface area contributed by atoms with Crippen molar-refractivity contribution in [3.63, 3.8) is 0 Å². The van der Waals surface area contributed by atoms with Crippen LogP contribution < -0.4 is 10.8 Å². The zero-order chi connectivity index (χ0) is 22.2. The lowest BCUT2D eigenvalue weighted by Gasteiger charge is -2.01. The van der Waals surface area contributed by atoms with E-state index in [2.05, 4.69) is 25.0 Å². The van der Waals surface area contributed by atoms with Gasteiger partial charge in [0.2, 0.25) is 9.84 Å². The van der Waals surface area contributed by atoms with Crippen LogP contribution in [0.2, 0.25) is 0 Å². The summed E-state index contributed by atoms with van der Waals surface area (Å²) in [4.78, 5) is 14.8. The minimum Gasteiger partial charge on any atom is -0.494 e. The zero-order valence-corrected chi connectivity index (χ0v) is 17.0. The average molecular weight is 444 g/mol. The maximum Gasteiger partial charge on any atom is 0.252 e. The molecular formula is C19H17FN6O4S. The van der Waals surface area contributed by atoms with Gasteiger partial charge in [0.25, 0.3) is 10.8 Å². The van der Waals surface area contributed by atoms with Crippen molar-refractivity contribution in [2.45, 2.75) is 11.6 Å². The summed E-state index contributed by atoms with van der Waals surface area (Å²) < 4.78 is 38.8. The first-order chi connectivity index (χ1) is 14.7. The second kappa shape index (κ2) is 7.80. The Balaban J connectivity index is 1.83. The molecule has 0 saturated carbocycles. The molecule has 0 radical (unpaired) electrons. The van der Waals surface area contributed by atoms with Crippen LogP contribution in [0.4, 0.5) is 4.39 Å². The fourth-order valence-electron chi connectivity index (χ4n) is 2.93. The fourth-order valence-corrected chi connectivity index (χ4v) is 3.43. The first kappa shape index (κ1) is 20.5. The van der Waals surface area contributed by atoms with Gasteiger partial charge in [-0.15, -0.1) is 0 Å². The van der Waals surface area contributed by atoms with E-state index < -0.39 is 15.0 Å². The third-order valence-corrected chi connectivity index (χ3v) is 5.20. The zero-order valence-electron chi connectivity index (χ0n) is 16.2. The number of hydrogen-bond donors (Lipinski definition) is 3. The number of benzene rings is 1. The van der Waals surface area contributed by atoms with Gasteiger partial charge in [-0.25, -0.2) is 17.8 Å². The van der Waals surface area contributed by atoms with Crippen LogP contribution in [0.15, 0.2) is 46.7 Å². The number of H-pyrrole nitrogens is 1. The van der Waals surface area contributed by atoms with Crippen molar-refractivity contribution in [2.24, 2.45) is 4.99 Å². The van der Waals surface area contributed by atoms with E-state index in [4.69, 9.17) is 0 Å². The molecule has 0 aliphatic rings. The van der Waals surface area contributed by atoms with Gasteiger partial charge < -0.3 is 10.2 Å². The predicted molar refractivity (Wildman–Crippen MR) is 107 cm³/mol. The molecule has 10 nitrogen and oxygen atoms in total. The SMILES string of the molecule is CS(=O)(=O)c1nc(=NCCc2cccc(F)c2)n2ncc(=Cc3cc(O)[nH]c3O)c2n1. The Morgan fingerprint density at radius 1 is 1.26 bits per heavy atom. The largest absolute Gasteiger partial charge is 0.494 e. The molecule has 0 aliphatic heterocycles. The first-order valence-corrected chi connectivity index (χ1v) is 10.9. The molecule has 0 saturated heterocycles. The number of nitrogens with zero attached hydrogens (tertiary/aromatic N) is 5. The van der Waals surface area contributed by atoms with E-state index in [1.165, 1.54) is 35.0 Å². The minimum atomic E-state index is -3.75. The van der Waals surface area contributed by atoms with Crippen molar-refractivity contribution in [3.05, 3.63) is 64.3 Å². The molecule has 31 heavy (non-hydrogen) atoms. The number of aromatic nitrogens is 5. The van der Waals surface area contributed by atoms with E-state index in [0.717, 1.165) is 11.8 Å². The summed E-state index contributed by atoms with van der Waals surface area (Å²) in [6.45, 7) is 0.212. The number of hydrogen-bond acceptors (Lipinski definition) is 8. The molecule has 12 heteroatoms. The molecule has 0 spiro atoms. The molecule has 4 rings (SSSR count). The quantitative estimate of drug-likeness (QED) is 0.396. The number of aromatic amines is 1. The van der Waals surface area contributed by atoms with Crippen LogP contribution in [-0.2, 0) is 16.3 Å². The van der Waals surface area contributed by atoms with Crippen LogP contribution in [-0.4, -0.2) is 56.0 Å². The summed E-state index contributed by atoms with van der Waals surface area (Å²) in [6, 6.07) is 7.39. The number of fused-ring (bicyclic) bond motifs is 1. The second-order valence-corrected chi connectivity index (χ2v) is 8.69. The lowest BCUT2D eigenvalue weighted by Crippen LogP contribution is -2.26. The molecular weight excluding hydrogens is 427 g/mol. The first-order valence-electron chi connectivity index (χ1n) is 9.04. The van der Waals surface area contributed by atoms with Crippen molar-refractivity contribution >= 4 is 21.6 Å². The van der Waals surface area contributed by atoms with Crippen molar-refractivity contribution < 1.29 is 23.0 Å². The van der Waals surface area contributed by atoms with Crippen LogP contribution in [0.1, 0.15) is 11.1 Å². The third-order valence-electron chi connectivity index (χ3n) is 4.36. The van der Waals surface area contributed by atoms with Crippen LogP contribution in [0.3, 0.4) is 0 Å². The van der Waals surface area contributed by atoms with E-state index in [1.807, 2.05) is 0 Å². The molecule has 0 fully saturated rings. The summed E-state index contributed by atoms with van der Waals surface area (Å²) in [5.74, 6) is -0.860. The Hall–Kier alpha value is -3.80. The lowest BCUT2D eigenvalue weighted by molar-refractivity contribution is 0.425. The lowest BCUT2D eigenvalue weighted by atomic mass is 10.1. The Morgan fingerprint density at radius 2 is 2.06 bits per heavy atom. The fraction of sp³-hybridized carbons (Fsp3) is 0.158. The van der Waals surface area contributed by atoms with Crippen LogP contribution >= 0.6 is 0 Å². The molecule has 0 aliphatic carbocycles. The van der Waals surface area contributed by atoms with E-state index in [0.29, 0.717) is 11.6 Å². The standard InChI is InChI=1S/C19H17FN6O4S/c1-31(29,30)19-24-16-13(8-12-9-15(27)23-17(12)28)10-22-26(16)18(25-19)21-6-5-11-3-2-4-14(20)7-11/h2-4,7-10,23,27-28H,5-6H2,1H3. The smallest absolute Gasteiger partial charge is 0.252 e. The molecule has 1 aromatic carbocycles. The minimum absolute atomic E-state index is 0.0163. The van der Waals surface area contributed by atoms with Gasteiger partial charge >= 0.3 is 0 Å². The average Bonchev–Trinajstić information content (AvgIpc) is 3.24. The summed E-state index contributed by atoms with van der Waals surface area (Å²) in [5, 5.41) is 23.4. The molecule has 0 atom stereocenters. The number of rotatable bonds is 5. The molecule has 3 heterocycles. The number of nitrogens with one attached hydrogen (secondary N) is 1. The number of aromatic hydroxyl groups is 2. The predicted octanol–water partition coefficient (Wildman–Crippen LogP) is 0.0973. The maximum atomic E-state index is 13.4. The highest BCUT2D eigenvalue weighted by Crippen LogP contribution is 2.21. The molecule has 0 unspecified atom stereocenters. The van der Waals surface area contributed by atoms with Crippen molar-refractivity contribution in [1.29, 1.82) is 0 Å². The maximum absolute atomic E-state index is 13.4. The van der Waals surface area contributed by atoms with E-state index in [1.54, 1.807) is 12.1 Å². The van der Waals surface area contributed by atoms with E-state index in [9.17, 15) is 23.0 Å². The second-order valence-electron chi connectivity index (χ2n) is 6.78. The highest BCUT2D eigenvalue weighted by molar-refractivity contribution is 7.90.